The molecule has 0 fully saturated rings. The molecular formula is C13H14ClNO2. The Labute approximate surface area is 105 Å². The quantitative estimate of drug-likeness (QED) is 0.906. The molecule has 90 valence electrons. The molecule has 1 aromatic heterocycles. The summed E-state index contributed by atoms with van der Waals surface area (Å²) in [5.41, 5.74) is 6.55. The average Bonchev–Trinajstić information content (AvgIpc) is 2.79. The van der Waals surface area contributed by atoms with Crippen LogP contribution in [0.3, 0.4) is 0 Å². The highest BCUT2D eigenvalue weighted by atomic mass is 35.5. The van der Waals surface area contributed by atoms with E-state index < -0.39 is 0 Å². The third-order valence-electron chi connectivity index (χ3n) is 2.51. The SMILES string of the molecule is COc1ccc(Cl)c(-c2ccc(C(C)N)o2)c1. The van der Waals surface area contributed by atoms with Gasteiger partial charge in [0.15, 0.2) is 0 Å². The number of rotatable bonds is 3. The molecule has 0 aliphatic rings. The van der Waals surface area contributed by atoms with Crippen molar-refractivity contribution in [3.05, 3.63) is 41.1 Å². The Morgan fingerprint density at radius 1 is 1.29 bits per heavy atom. The van der Waals surface area contributed by atoms with Crippen molar-refractivity contribution >= 4 is 11.6 Å². The van der Waals surface area contributed by atoms with Crippen molar-refractivity contribution in [3.8, 4) is 17.1 Å². The van der Waals surface area contributed by atoms with Crippen molar-refractivity contribution in [2.45, 2.75) is 13.0 Å². The summed E-state index contributed by atoms with van der Waals surface area (Å²) >= 11 is 6.13. The van der Waals surface area contributed by atoms with Crippen LogP contribution >= 0.6 is 11.6 Å². The largest absolute Gasteiger partial charge is 0.497 e. The Kier molecular flexibility index (Phi) is 3.41. The van der Waals surface area contributed by atoms with Crippen LogP contribution in [0, 0.1) is 0 Å². The molecular weight excluding hydrogens is 238 g/mol. The van der Waals surface area contributed by atoms with E-state index in [1.54, 1.807) is 19.2 Å². The van der Waals surface area contributed by atoms with E-state index in [4.69, 9.17) is 26.5 Å². The van der Waals surface area contributed by atoms with Crippen molar-refractivity contribution in [2.75, 3.05) is 7.11 Å². The van der Waals surface area contributed by atoms with E-state index >= 15 is 0 Å². The van der Waals surface area contributed by atoms with Crippen molar-refractivity contribution in [3.63, 3.8) is 0 Å². The molecule has 2 aromatic rings. The van der Waals surface area contributed by atoms with Crippen molar-refractivity contribution in [1.82, 2.24) is 0 Å². The average molecular weight is 252 g/mol. The summed E-state index contributed by atoms with van der Waals surface area (Å²) in [5, 5.41) is 0.622. The van der Waals surface area contributed by atoms with E-state index in [-0.39, 0.29) is 6.04 Å². The monoisotopic (exact) mass is 251 g/mol. The number of furan rings is 1. The molecule has 2 rings (SSSR count). The second kappa shape index (κ2) is 4.82. The normalized spacial score (nSPS) is 12.5. The number of hydrogen-bond acceptors (Lipinski definition) is 3. The zero-order chi connectivity index (χ0) is 12.4. The fraction of sp³-hybridized carbons (Fsp3) is 0.231. The molecule has 0 saturated heterocycles. The molecule has 0 aliphatic heterocycles. The first kappa shape index (κ1) is 12.0. The summed E-state index contributed by atoms with van der Waals surface area (Å²) in [4.78, 5) is 0. The molecule has 17 heavy (non-hydrogen) atoms. The van der Waals surface area contributed by atoms with Crippen LogP contribution in [0.15, 0.2) is 34.7 Å². The lowest BCUT2D eigenvalue weighted by Gasteiger charge is -2.05. The second-order valence-corrected chi connectivity index (χ2v) is 4.24. The molecule has 1 atom stereocenters. The van der Waals surface area contributed by atoms with E-state index in [1.165, 1.54) is 0 Å². The maximum Gasteiger partial charge on any atom is 0.135 e. The van der Waals surface area contributed by atoms with Crippen molar-refractivity contribution in [2.24, 2.45) is 5.73 Å². The number of ether oxygens (including phenoxy) is 1. The highest BCUT2D eigenvalue weighted by Crippen LogP contribution is 2.33. The summed E-state index contributed by atoms with van der Waals surface area (Å²) in [5.74, 6) is 2.17. The van der Waals surface area contributed by atoms with Crippen LogP contribution in [0.4, 0.5) is 0 Å². The van der Waals surface area contributed by atoms with Crippen molar-refractivity contribution in [1.29, 1.82) is 0 Å². The van der Waals surface area contributed by atoms with Crippen LogP contribution in [0.5, 0.6) is 5.75 Å². The second-order valence-electron chi connectivity index (χ2n) is 3.84. The minimum Gasteiger partial charge on any atom is -0.497 e. The van der Waals surface area contributed by atoms with Gasteiger partial charge in [0.05, 0.1) is 18.2 Å². The topological polar surface area (TPSA) is 48.4 Å². The molecule has 3 nitrogen and oxygen atoms in total. The molecule has 0 amide bonds. The zero-order valence-corrected chi connectivity index (χ0v) is 10.5. The lowest BCUT2D eigenvalue weighted by Crippen LogP contribution is -2.02. The molecule has 0 spiro atoms. The Morgan fingerprint density at radius 2 is 2.06 bits per heavy atom. The number of hydrogen-bond donors (Lipinski definition) is 1. The zero-order valence-electron chi connectivity index (χ0n) is 9.74. The highest BCUT2D eigenvalue weighted by molar-refractivity contribution is 6.33. The maximum absolute atomic E-state index is 6.13. The smallest absolute Gasteiger partial charge is 0.135 e. The first-order valence-corrected chi connectivity index (χ1v) is 5.69. The summed E-state index contributed by atoms with van der Waals surface area (Å²) in [6, 6.07) is 9.01. The Morgan fingerprint density at radius 3 is 2.65 bits per heavy atom. The number of methoxy groups -OCH3 is 1. The van der Waals surface area contributed by atoms with Crippen LogP contribution < -0.4 is 10.5 Å². The number of nitrogens with two attached hydrogens (primary N) is 1. The molecule has 0 saturated carbocycles. The predicted octanol–water partition coefficient (Wildman–Crippen LogP) is 3.63. The molecule has 1 aromatic carbocycles. The maximum atomic E-state index is 6.13. The van der Waals surface area contributed by atoms with Crippen LogP contribution in [0.2, 0.25) is 5.02 Å². The van der Waals surface area contributed by atoms with Gasteiger partial charge in [-0.25, -0.2) is 0 Å². The van der Waals surface area contributed by atoms with E-state index in [1.807, 2.05) is 25.1 Å². The summed E-state index contributed by atoms with van der Waals surface area (Å²) in [6.45, 7) is 1.87. The summed E-state index contributed by atoms with van der Waals surface area (Å²) in [7, 11) is 1.61. The predicted molar refractivity (Wildman–Crippen MR) is 68.3 cm³/mol. The fourth-order valence-electron chi connectivity index (χ4n) is 1.56. The van der Waals surface area contributed by atoms with Gasteiger partial charge in [0.2, 0.25) is 0 Å². The van der Waals surface area contributed by atoms with Gasteiger partial charge < -0.3 is 14.9 Å². The van der Waals surface area contributed by atoms with Crippen LogP contribution in [-0.4, -0.2) is 7.11 Å². The summed E-state index contributed by atoms with van der Waals surface area (Å²) in [6.07, 6.45) is 0. The van der Waals surface area contributed by atoms with Crippen LogP contribution in [-0.2, 0) is 0 Å². The highest BCUT2D eigenvalue weighted by Gasteiger charge is 2.11. The standard InChI is InChI=1S/C13H14ClNO2/c1-8(15)12-5-6-13(17-12)10-7-9(16-2)3-4-11(10)14/h3-8H,15H2,1-2H3. The molecule has 1 unspecified atom stereocenters. The molecule has 4 heteroatoms. The van der Waals surface area contributed by atoms with E-state index in [0.717, 1.165) is 17.1 Å². The van der Waals surface area contributed by atoms with Crippen LogP contribution in [0.1, 0.15) is 18.7 Å². The van der Waals surface area contributed by atoms with Crippen LogP contribution in [0.25, 0.3) is 11.3 Å². The van der Waals surface area contributed by atoms with E-state index in [9.17, 15) is 0 Å². The molecule has 0 radical (unpaired) electrons. The number of benzene rings is 1. The van der Waals surface area contributed by atoms with Gasteiger partial charge in [-0.1, -0.05) is 11.6 Å². The fourth-order valence-corrected chi connectivity index (χ4v) is 1.77. The Hall–Kier alpha value is -1.45. The van der Waals surface area contributed by atoms with Crippen molar-refractivity contribution < 1.29 is 9.15 Å². The van der Waals surface area contributed by atoms with Gasteiger partial charge in [-0.05, 0) is 37.3 Å². The van der Waals surface area contributed by atoms with E-state index in [2.05, 4.69) is 0 Å². The Balaban J connectivity index is 2.44. The molecule has 0 bridgehead atoms. The third-order valence-corrected chi connectivity index (χ3v) is 2.84. The minimum atomic E-state index is -0.131. The lowest BCUT2D eigenvalue weighted by atomic mass is 10.1. The summed E-state index contributed by atoms with van der Waals surface area (Å²) < 4.78 is 10.8. The van der Waals surface area contributed by atoms with Gasteiger partial charge in [0, 0.05) is 5.56 Å². The van der Waals surface area contributed by atoms with Gasteiger partial charge in [0.1, 0.15) is 17.3 Å². The molecule has 1 heterocycles. The molecule has 0 aliphatic carbocycles. The minimum absolute atomic E-state index is 0.131. The van der Waals surface area contributed by atoms with Gasteiger partial charge in [-0.2, -0.15) is 0 Å². The first-order valence-electron chi connectivity index (χ1n) is 5.31. The van der Waals surface area contributed by atoms with Gasteiger partial charge in [-0.3, -0.25) is 0 Å². The Bertz CT molecular complexity index is 520. The van der Waals surface area contributed by atoms with Gasteiger partial charge >= 0.3 is 0 Å². The van der Waals surface area contributed by atoms with Gasteiger partial charge in [0.25, 0.3) is 0 Å². The lowest BCUT2D eigenvalue weighted by molar-refractivity contribution is 0.414. The number of halogens is 1. The first-order chi connectivity index (χ1) is 8.11. The van der Waals surface area contributed by atoms with Gasteiger partial charge in [-0.15, -0.1) is 0 Å². The van der Waals surface area contributed by atoms with E-state index in [0.29, 0.717) is 10.8 Å². The molecule has 2 N–H and O–H groups in total. The third kappa shape index (κ3) is 2.46.